The van der Waals surface area contributed by atoms with Gasteiger partial charge in [0.05, 0.1) is 6.54 Å². The highest BCUT2D eigenvalue weighted by Crippen LogP contribution is 2.06. The maximum Gasteiger partial charge on any atom is 0.251 e. The zero-order valence-corrected chi connectivity index (χ0v) is 18.3. The molecule has 0 unspecified atom stereocenters. The standard InChI is InChI=1S/C19H28N6O.HI/c1-3-20-18(26)17-9-5-8-16(14-17)15-23-19(21-4-2)22-10-6-12-25-13-7-11-24-25;/h5,7-9,11,13-14H,3-4,6,10,12,15H2,1-2H3,(H,20,26)(H2,21,22,23);1H. The van der Waals surface area contributed by atoms with Crippen molar-refractivity contribution >= 4 is 35.8 Å². The lowest BCUT2D eigenvalue weighted by molar-refractivity contribution is 0.0955. The van der Waals surface area contributed by atoms with Crippen LogP contribution in [0.2, 0.25) is 0 Å². The van der Waals surface area contributed by atoms with Crippen LogP contribution in [0.25, 0.3) is 0 Å². The summed E-state index contributed by atoms with van der Waals surface area (Å²) in [6.07, 6.45) is 4.70. The number of hydrogen-bond donors (Lipinski definition) is 3. The number of carbonyl (C=O) groups excluding carboxylic acids is 1. The van der Waals surface area contributed by atoms with E-state index in [2.05, 4.69) is 26.0 Å². The van der Waals surface area contributed by atoms with Gasteiger partial charge in [0.15, 0.2) is 5.96 Å². The summed E-state index contributed by atoms with van der Waals surface area (Å²) in [4.78, 5) is 16.5. The van der Waals surface area contributed by atoms with Crippen LogP contribution in [0.3, 0.4) is 0 Å². The molecule has 0 bridgehead atoms. The molecule has 0 fully saturated rings. The normalized spacial score (nSPS) is 10.8. The van der Waals surface area contributed by atoms with E-state index in [9.17, 15) is 4.79 Å². The Kier molecular flexibility index (Phi) is 11.2. The molecule has 8 heteroatoms. The Morgan fingerprint density at radius 1 is 1.15 bits per heavy atom. The summed E-state index contributed by atoms with van der Waals surface area (Å²) in [5, 5.41) is 13.6. The number of carbonyl (C=O) groups is 1. The fraction of sp³-hybridized carbons (Fsp3) is 0.421. The maximum absolute atomic E-state index is 11.9. The lowest BCUT2D eigenvalue weighted by atomic mass is 10.1. The maximum atomic E-state index is 11.9. The average Bonchev–Trinajstić information content (AvgIpc) is 3.17. The van der Waals surface area contributed by atoms with E-state index >= 15 is 0 Å². The monoisotopic (exact) mass is 484 g/mol. The molecule has 1 aromatic carbocycles. The van der Waals surface area contributed by atoms with E-state index in [1.807, 2.05) is 55.1 Å². The van der Waals surface area contributed by atoms with Gasteiger partial charge in [0.25, 0.3) is 5.91 Å². The lowest BCUT2D eigenvalue weighted by Gasteiger charge is -2.11. The number of amides is 1. The van der Waals surface area contributed by atoms with Crippen molar-refractivity contribution in [3.8, 4) is 0 Å². The first-order chi connectivity index (χ1) is 12.7. The summed E-state index contributed by atoms with van der Waals surface area (Å²) in [6, 6.07) is 9.49. The molecule has 3 N–H and O–H groups in total. The number of aryl methyl sites for hydroxylation is 1. The molecule has 2 rings (SSSR count). The van der Waals surface area contributed by atoms with Crippen LogP contribution in [0.5, 0.6) is 0 Å². The van der Waals surface area contributed by atoms with Crippen molar-refractivity contribution < 1.29 is 4.79 Å². The van der Waals surface area contributed by atoms with Crippen molar-refractivity contribution in [1.82, 2.24) is 25.7 Å². The molecule has 1 heterocycles. The molecule has 7 nitrogen and oxygen atoms in total. The number of nitrogens with zero attached hydrogens (tertiary/aromatic N) is 3. The fourth-order valence-corrected chi connectivity index (χ4v) is 2.47. The SMILES string of the molecule is CCNC(=O)c1cccc(CN=C(NCC)NCCCn2cccn2)c1.I. The highest BCUT2D eigenvalue weighted by Gasteiger charge is 2.05. The van der Waals surface area contributed by atoms with Gasteiger partial charge in [0.2, 0.25) is 0 Å². The number of benzene rings is 1. The highest BCUT2D eigenvalue weighted by atomic mass is 127. The Hall–Kier alpha value is -2.10. The zero-order chi connectivity index (χ0) is 18.6. The Bertz CT molecular complexity index is 702. The van der Waals surface area contributed by atoms with Gasteiger partial charge in [-0.05, 0) is 44.0 Å². The Morgan fingerprint density at radius 2 is 1.96 bits per heavy atom. The number of guanidine groups is 1. The van der Waals surface area contributed by atoms with Gasteiger partial charge in [-0.2, -0.15) is 5.10 Å². The second-order valence-corrected chi connectivity index (χ2v) is 5.80. The van der Waals surface area contributed by atoms with Gasteiger partial charge in [-0.15, -0.1) is 24.0 Å². The smallest absolute Gasteiger partial charge is 0.251 e. The van der Waals surface area contributed by atoms with Crippen LogP contribution in [0.4, 0.5) is 0 Å². The van der Waals surface area contributed by atoms with E-state index in [0.717, 1.165) is 37.6 Å². The van der Waals surface area contributed by atoms with Crippen LogP contribution in [0.1, 0.15) is 36.2 Å². The molecule has 1 amide bonds. The van der Waals surface area contributed by atoms with Crippen molar-refractivity contribution in [2.24, 2.45) is 4.99 Å². The number of halogens is 1. The molecule has 0 aliphatic carbocycles. The summed E-state index contributed by atoms with van der Waals surface area (Å²) in [5.74, 6) is 0.721. The minimum atomic E-state index is -0.0537. The topological polar surface area (TPSA) is 83.3 Å². The van der Waals surface area contributed by atoms with Gasteiger partial charge in [0.1, 0.15) is 0 Å². The van der Waals surface area contributed by atoms with Crippen LogP contribution >= 0.6 is 24.0 Å². The molecule has 0 radical (unpaired) electrons. The summed E-state index contributed by atoms with van der Waals surface area (Å²) in [5.41, 5.74) is 1.67. The minimum absolute atomic E-state index is 0. The number of hydrogen-bond acceptors (Lipinski definition) is 3. The molecule has 1 aromatic heterocycles. The van der Waals surface area contributed by atoms with Gasteiger partial charge in [-0.3, -0.25) is 9.48 Å². The first-order valence-electron chi connectivity index (χ1n) is 9.09. The second kappa shape index (κ2) is 13.1. The van der Waals surface area contributed by atoms with Crippen molar-refractivity contribution in [2.45, 2.75) is 33.4 Å². The van der Waals surface area contributed by atoms with Crippen LogP contribution in [0.15, 0.2) is 47.7 Å². The number of aliphatic imine (C=N–C) groups is 1. The Morgan fingerprint density at radius 3 is 2.67 bits per heavy atom. The summed E-state index contributed by atoms with van der Waals surface area (Å²) in [7, 11) is 0. The number of aromatic nitrogens is 2. The molecule has 27 heavy (non-hydrogen) atoms. The number of rotatable bonds is 9. The van der Waals surface area contributed by atoms with Crippen LogP contribution in [-0.2, 0) is 13.1 Å². The van der Waals surface area contributed by atoms with Gasteiger partial charge in [-0.25, -0.2) is 4.99 Å². The molecule has 0 saturated carbocycles. The van der Waals surface area contributed by atoms with E-state index in [-0.39, 0.29) is 29.9 Å². The van der Waals surface area contributed by atoms with Crippen molar-refractivity contribution in [3.63, 3.8) is 0 Å². The van der Waals surface area contributed by atoms with Crippen LogP contribution in [0, 0.1) is 0 Å². The van der Waals surface area contributed by atoms with Gasteiger partial charge in [0, 0.05) is 44.1 Å². The van der Waals surface area contributed by atoms with E-state index < -0.39 is 0 Å². The Labute approximate surface area is 178 Å². The molecule has 0 spiro atoms. The quantitative estimate of drug-likeness (QED) is 0.221. The predicted octanol–water partition coefficient (Wildman–Crippen LogP) is 2.40. The minimum Gasteiger partial charge on any atom is -0.357 e. The summed E-state index contributed by atoms with van der Waals surface area (Å²) >= 11 is 0. The van der Waals surface area contributed by atoms with Crippen molar-refractivity contribution in [1.29, 1.82) is 0 Å². The largest absolute Gasteiger partial charge is 0.357 e. The Balaban J connectivity index is 0.00000364. The van der Waals surface area contributed by atoms with Crippen molar-refractivity contribution in [2.75, 3.05) is 19.6 Å². The molecule has 0 aliphatic rings. The second-order valence-electron chi connectivity index (χ2n) is 5.80. The molecule has 0 atom stereocenters. The van der Waals surface area contributed by atoms with E-state index in [1.54, 1.807) is 6.20 Å². The highest BCUT2D eigenvalue weighted by molar-refractivity contribution is 14.0. The molecular weight excluding hydrogens is 455 g/mol. The third-order valence-electron chi connectivity index (χ3n) is 3.71. The molecule has 2 aromatic rings. The zero-order valence-electron chi connectivity index (χ0n) is 15.9. The predicted molar refractivity (Wildman–Crippen MR) is 120 cm³/mol. The van der Waals surface area contributed by atoms with Gasteiger partial charge < -0.3 is 16.0 Å². The molecule has 0 aliphatic heterocycles. The average molecular weight is 484 g/mol. The van der Waals surface area contributed by atoms with Crippen LogP contribution in [-0.4, -0.2) is 41.3 Å². The number of nitrogens with one attached hydrogen (secondary N) is 3. The summed E-state index contributed by atoms with van der Waals surface area (Å²) in [6.45, 7) is 7.56. The first-order valence-corrected chi connectivity index (χ1v) is 9.09. The third kappa shape index (κ3) is 8.42. The van der Waals surface area contributed by atoms with Crippen LogP contribution < -0.4 is 16.0 Å². The van der Waals surface area contributed by atoms with E-state index in [1.165, 1.54) is 0 Å². The molecule has 0 saturated heterocycles. The molecular formula is C19H29IN6O. The summed E-state index contributed by atoms with van der Waals surface area (Å²) < 4.78 is 1.92. The van der Waals surface area contributed by atoms with E-state index in [4.69, 9.17) is 0 Å². The lowest BCUT2D eigenvalue weighted by Crippen LogP contribution is -2.38. The third-order valence-corrected chi connectivity index (χ3v) is 3.71. The molecule has 148 valence electrons. The van der Waals surface area contributed by atoms with E-state index in [0.29, 0.717) is 18.7 Å². The van der Waals surface area contributed by atoms with Gasteiger partial charge in [-0.1, -0.05) is 12.1 Å². The van der Waals surface area contributed by atoms with Gasteiger partial charge >= 0.3 is 0 Å². The fourth-order valence-electron chi connectivity index (χ4n) is 2.47. The first kappa shape index (κ1) is 22.9. The van der Waals surface area contributed by atoms with Crippen molar-refractivity contribution in [3.05, 3.63) is 53.9 Å².